The molecule has 0 aliphatic rings. The molecule has 0 saturated heterocycles. The summed E-state index contributed by atoms with van der Waals surface area (Å²) in [5, 5.41) is 4.19. The maximum absolute atomic E-state index is 4.19. The molecule has 0 fully saturated rings. The van der Waals surface area contributed by atoms with Crippen molar-refractivity contribution in [1.82, 2.24) is 33.9 Å². The van der Waals surface area contributed by atoms with E-state index in [2.05, 4.69) is 97.7 Å². The Bertz CT molecular complexity index is 785. The molecule has 3 heterocycles. The smallest absolute Gasteiger partial charge is 0.147 e. The van der Waals surface area contributed by atoms with Crippen LogP contribution in [0.3, 0.4) is 0 Å². The molecule has 0 bridgehead atoms. The van der Waals surface area contributed by atoms with Crippen LogP contribution < -0.4 is 0 Å². The van der Waals surface area contributed by atoms with Gasteiger partial charge in [-0.2, -0.15) is 5.10 Å². The summed E-state index contributed by atoms with van der Waals surface area (Å²) in [5.41, 5.74) is 1.48. The Balaban J connectivity index is 0.000000218. The number of hydrogen-bond acceptors (Lipinski definition) is 4. The molecule has 0 saturated carbocycles. The van der Waals surface area contributed by atoms with Crippen molar-refractivity contribution in [2.24, 2.45) is 0 Å². The average molecular weight is 402 g/mol. The molecule has 0 aliphatic heterocycles. The molecular weight excluding hydrogens is 362 g/mol. The molecule has 0 unspecified atom stereocenters. The van der Waals surface area contributed by atoms with Gasteiger partial charge in [0.15, 0.2) is 0 Å². The summed E-state index contributed by atoms with van der Waals surface area (Å²) in [7, 11) is 0. The molecule has 3 aromatic heterocycles. The predicted octanol–water partition coefficient (Wildman–Crippen LogP) is 4.93. The molecule has 0 atom stereocenters. The molecule has 7 heteroatoms. The number of nitrogens with zero attached hydrogens (tertiary/aromatic N) is 7. The van der Waals surface area contributed by atoms with Gasteiger partial charge in [-0.1, -0.05) is 0 Å². The third-order valence-corrected chi connectivity index (χ3v) is 4.06. The van der Waals surface area contributed by atoms with Crippen LogP contribution in [-0.2, 0) is 16.6 Å². The lowest BCUT2D eigenvalue weighted by Gasteiger charge is -2.19. The van der Waals surface area contributed by atoms with Crippen LogP contribution >= 0.6 is 0 Å². The van der Waals surface area contributed by atoms with Gasteiger partial charge in [-0.05, 0) is 76.2 Å². The third kappa shape index (κ3) is 8.62. The first-order valence-corrected chi connectivity index (χ1v) is 9.99. The van der Waals surface area contributed by atoms with Crippen LogP contribution in [0.15, 0.2) is 37.6 Å². The van der Waals surface area contributed by atoms with Crippen molar-refractivity contribution in [2.45, 2.75) is 92.8 Å². The van der Waals surface area contributed by atoms with E-state index in [1.165, 1.54) is 0 Å². The lowest BCUT2D eigenvalue weighted by molar-refractivity contribution is 0.353. The van der Waals surface area contributed by atoms with Crippen LogP contribution in [0, 0.1) is 13.8 Å². The summed E-state index contributed by atoms with van der Waals surface area (Å²) in [5.74, 6) is 0.829. The molecule has 3 rings (SSSR count). The Kier molecular flexibility index (Phi) is 7.95. The van der Waals surface area contributed by atoms with Gasteiger partial charge in [0.05, 0.1) is 23.9 Å². The SMILES string of the molecule is CC(C)(C)n1ccnc1.Cc1cn(C(C)(C)C)cn1.Cc1ncn(C(C)(C)C)n1. The molecule has 162 valence electrons. The number of imidazole rings is 2. The molecule has 0 amide bonds. The summed E-state index contributed by atoms with van der Waals surface area (Å²) in [6.45, 7) is 23.1. The van der Waals surface area contributed by atoms with Crippen LogP contribution in [0.25, 0.3) is 0 Å². The fourth-order valence-electron chi connectivity index (χ4n) is 2.11. The molecule has 0 aliphatic carbocycles. The maximum atomic E-state index is 4.19. The number of aromatic nitrogens is 7. The normalized spacial score (nSPS) is 12.0. The first kappa shape index (κ1) is 24.6. The van der Waals surface area contributed by atoms with Gasteiger partial charge in [0.2, 0.25) is 0 Å². The standard InChI is InChI=1S/C8H14N2.C7H13N3.C7H12N2/c1-7-5-10(6-9-7)8(2,3)4;1-6-8-5-10(9-6)7(2,3)4;1-7(2,3)9-5-4-8-6-9/h5-6H,1-4H3;5H,1-4H3;4-6H,1-3H3. The fraction of sp³-hybridized carbons (Fsp3) is 0.636. The lowest BCUT2D eigenvalue weighted by atomic mass is 10.1. The van der Waals surface area contributed by atoms with E-state index in [0.29, 0.717) is 0 Å². The lowest BCUT2D eigenvalue weighted by Crippen LogP contribution is -2.22. The van der Waals surface area contributed by atoms with Crippen LogP contribution in [0.2, 0.25) is 0 Å². The zero-order valence-corrected chi connectivity index (χ0v) is 20.1. The highest BCUT2D eigenvalue weighted by atomic mass is 15.4. The second kappa shape index (κ2) is 9.37. The molecule has 0 spiro atoms. The quantitative estimate of drug-likeness (QED) is 0.536. The minimum atomic E-state index is 0.0568. The van der Waals surface area contributed by atoms with Gasteiger partial charge in [0.1, 0.15) is 12.2 Å². The second-order valence-corrected chi connectivity index (χ2v) is 10.1. The zero-order valence-electron chi connectivity index (χ0n) is 20.1. The number of rotatable bonds is 0. The summed E-state index contributed by atoms with van der Waals surface area (Å²) in [6.07, 6.45) is 11.3. The van der Waals surface area contributed by atoms with Gasteiger partial charge < -0.3 is 9.13 Å². The Morgan fingerprint density at radius 3 is 1.48 bits per heavy atom. The Morgan fingerprint density at radius 1 is 0.690 bits per heavy atom. The van der Waals surface area contributed by atoms with Gasteiger partial charge in [-0.25, -0.2) is 19.6 Å². The van der Waals surface area contributed by atoms with Crippen LogP contribution in [0.1, 0.15) is 73.8 Å². The number of hydrogen-bond donors (Lipinski definition) is 0. The van der Waals surface area contributed by atoms with Gasteiger partial charge in [0.25, 0.3) is 0 Å². The van der Waals surface area contributed by atoms with E-state index in [4.69, 9.17) is 0 Å². The molecule has 0 N–H and O–H groups in total. The van der Waals surface area contributed by atoms with Crippen LogP contribution in [0.5, 0.6) is 0 Å². The molecule has 0 radical (unpaired) electrons. The Labute approximate surface area is 176 Å². The summed E-state index contributed by atoms with van der Waals surface area (Å²) in [4.78, 5) is 12.1. The van der Waals surface area contributed by atoms with E-state index in [1.54, 1.807) is 12.5 Å². The summed E-state index contributed by atoms with van der Waals surface area (Å²) < 4.78 is 6.05. The second-order valence-electron chi connectivity index (χ2n) is 10.1. The third-order valence-electron chi connectivity index (χ3n) is 4.06. The van der Waals surface area contributed by atoms with Crippen molar-refractivity contribution < 1.29 is 0 Å². The van der Waals surface area contributed by atoms with E-state index in [1.807, 2.05) is 37.4 Å². The Morgan fingerprint density at radius 2 is 1.28 bits per heavy atom. The zero-order chi connectivity index (χ0) is 22.5. The minimum absolute atomic E-state index is 0.0568. The van der Waals surface area contributed by atoms with Crippen LogP contribution in [0.4, 0.5) is 0 Å². The van der Waals surface area contributed by atoms with E-state index < -0.39 is 0 Å². The Hall–Kier alpha value is -2.44. The summed E-state index contributed by atoms with van der Waals surface area (Å²) in [6, 6.07) is 0. The first-order chi connectivity index (χ1) is 13.1. The van der Waals surface area contributed by atoms with Crippen molar-refractivity contribution in [2.75, 3.05) is 0 Å². The number of aryl methyl sites for hydroxylation is 2. The molecule has 3 aromatic rings. The van der Waals surface area contributed by atoms with E-state index in [-0.39, 0.29) is 16.6 Å². The van der Waals surface area contributed by atoms with Crippen LogP contribution in [-0.4, -0.2) is 33.9 Å². The van der Waals surface area contributed by atoms with Crippen molar-refractivity contribution in [1.29, 1.82) is 0 Å². The first-order valence-electron chi connectivity index (χ1n) is 9.99. The molecule has 7 nitrogen and oxygen atoms in total. The summed E-state index contributed by atoms with van der Waals surface area (Å²) >= 11 is 0. The predicted molar refractivity (Wildman–Crippen MR) is 119 cm³/mol. The van der Waals surface area contributed by atoms with Gasteiger partial charge in [-0.15, -0.1) is 0 Å². The maximum Gasteiger partial charge on any atom is 0.147 e. The molecule has 29 heavy (non-hydrogen) atoms. The fourth-order valence-corrected chi connectivity index (χ4v) is 2.11. The molecular formula is C22H39N7. The highest BCUT2D eigenvalue weighted by molar-refractivity contribution is 4.95. The molecule has 0 aromatic carbocycles. The monoisotopic (exact) mass is 401 g/mol. The van der Waals surface area contributed by atoms with Gasteiger partial charge in [-0.3, -0.25) is 0 Å². The van der Waals surface area contributed by atoms with Crippen molar-refractivity contribution in [3.8, 4) is 0 Å². The van der Waals surface area contributed by atoms with Gasteiger partial charge in [0, 0.05) is 29.7 Å². The van der Waals surface area contributed by atoms with E-state index in [9.17, 15) is 0 Å². The van der Waals surface area contributed by atoms with Crippen molar-refractivity contribution in [3.63, 3.8) is 0 Å². The topological polar surface area (TPSA) is 66.3 Å². The van der Waals surface area contributed by atoms with E-state index in [0.717, 1.165) is 11.5 Å². The van der Waals surface area contributed by atoms with Crippen molar-refractivity contribution in [3.05, 3.63) is 49.1 Å². The largest absolute Gasteiger partial charge is 0.332 e. The van der Waals surface area contributed by atoms with Crippen molar-refractivity contribution >= 4 is 0 Å². The average Bonchev–Trinajstić information content (AvgIpc) is 3.26. The van der Waals surface area contributed by atoms with E-state index >= 15 is 0 Å². The highest BCUT2D eigenvalue weighted by Crippen LogP contribution is 2.13. The van der Waals surface area contributed by atoms with Gasteiger partial charge >= 0.3 is 0 Å². The highest BCUT2D eigenvalue weighted by Gasteiger charge is 2.13. The minimum Gasteiger partial charge on any atom is -0.332 e.